The molecule has 0 bridgehead atoms. The molecule has 1 rings (SSSR count). The Morgan fingerprint density at radius 1 is 1.62 bits per heavy atom. The molecule has 1 heterocycles. The van der Waals surface area contributed by atoms with Gasteiger partial charge in [-0.25, -0.2) is 8.78 Å². The van der Waals surface area contributed by atoms with Crippen molar-refractivity contribution in [3.63, 3.8) is 0 Å². The molecule has 1 atom stereocenters. The van der Waals surface area contributed by atoms with Crippen molar-refractivity contribution >= 4 is 31.9 Å². The Balaban J connectivity index is 2.85. The van der Waals surface area contributed by atoms with E-state index in [-0.39, 0.29) is 6.54 Å². The van der Waals surface area contributed by atoms with Gasteiger partial charge in [0.1, 0.15) is 4.61 Å². The molecule has 0 N–H and O–H groups in total. The highest BCUT2D eigenvalue weighted by molar-refractivity contribution is 9.11. The minimum absolute atomic E-state index is 0.314. The molecule has 1 aliphatic heterocycles. The van der Waals surface area contributed by atoms with Crippen molar-refractivity contribution in [2.45, 2.75) is 5.66 Å². The number of rotatable bonds is 3. The fourth-order valence-corrected chi connectivity index (χ4v) is 2.17. The molecule has 0 aromatic carbocycles. The first kappa shape index (κ1) is 14.0. The summed E-state index contributed by atoms with van der Waals surface area (Å²) in [5, 5.41) is 0. The average Bonchev–Trinajstić information content (AvgIpc) is 2.17. The highest BCUT2D eigenvalue weighted by Gasteiger charge is 2.30. The maximum absolute atomic E-state index is 13.0. The van der Waals surface area contributed by atoms with Gasteiger partial charge in [0.15, 0.2) is 0 Å². The van der Waals surface area contributed by atoms with Gasteiger partial charge in [-0.05, 0) is 29.7 Å². The Bertz CT molecular complexity index is 304. The van der Waals surface area contributed by atoms with Gasteiger partial charge in [-0.2, -0.15) is 0 Å². The molecule has 0 aromatic heterocycles. The van der Waals surface area contributed by atoms with Gasteiger partial charge in [0.2, 0.25) is 0 Å². The van der Waals surface area contributed by atoms with E-state index < -0.39 is 5.66 Å². The molecule has 1 aliphatic rings. The number of hydrogen-bond acceptors (Lipinski definition) is 3. The lowest BCUT2D eigenvalue weighted by atomic mass is 10.2. The van der Waals surface area contributed by atoms with Crippen molar-refractivity contribution in [1.29, 1.82) is 0 Å². The number of likely N-dealkylation sites (N-methyl/N-ethyl adjacent to an activating group) is 1. The standard InChI is InChI=1S/C9H15BrF2N3P/c1-13-8(10)7-5-14(2)3-4-15(7)6-9(11,12)16/h1,3-6,16H2,2H3/b8-7-. The molecule has 0 saturated carbocycles. The average molecular weight is 314 g/mol. The maximum Gasteiger partial charge on any atom is 0.275 e. The summed E-state index contributed by atoms with van der Waals surface area (Å²) in [6, 6.07) is 0. The lowest BCUT2D eigenvalue weighted by molar-refractivity contribution is 0.0524. The lowest BCUT2D eigenvalue weighted by Gasteiger charge is -2.37. The van der Waals surface area contributed by atoms with Gasteiger partial charge >= 0.3 is 0 Å². The van der Waals surface area contributed by atoms with Crippen LogP contribution in [-0.2, 0) is 0 Å². The fourth-order valence-electron chi connectivity index (χ4n) is 1.58. The van der Waals surface area contributed by atoms with Crippen molar-refractivity contribution in [3.05, 3.63) is 10.3 Å². The Morgan fingerprint density at radius 3 is 2.75 bits per heavy atom. The van der Waals surface area contributed by atoms with Crippen molar-refractivity contribution in [2.24, 2.45) is 4.99 Å². The molecule has 0 radical (unpaired) electrons. The molecule has 3 nitrogen and oxygen atoms in total. The second kappa shape index (κ2) is 5.52. The zero-order valence-corrected chi connectivity index (χ0v) is 11.8. The van der Waals surface area contributed by atoms with Gasteiger partial charge < -0.3 is 4.90 Å². The number of piperazine rings is 1. The molecular weight excluding hydrogens is 299 g/mol. The highest BCUT2D eigenvalue weighted by Crippen LogP contribution is 2.28. The normalized spacial score (nSPS) is 22.2. The molecule has 1 fully saturated rings. The molecule has 0 amide bonds. The smallest absolute Gasteiger partial charge is 0.275 e. The van der Waals surface area contributed by atoms with Crippen LogP contribution in [0, 0.1) is 0 Å². The quantitative estimate of drug-likeness (QED) is 0.451. The number of halogens is 3. The summed E-state index contributed by atoms with van der Waals surface area (Å²) < 4.78 is 26.5. The lowest BCUT2D eigenvalue weighted by Crippen LogP contribution is -2.46. The van der Waals surface area contributed by atoms with Crippen LogP contribution in [0.1, 0.15) is 0 Å². The van der Waals surface area contributed by atoms with Crippen molar-refractivity contribution < 1.29 is 8.78 Å². The van der Waals surface area contributed by atoms with Crippen molar-refractivity contribution in [1.82, 2.24) is 9.80 Å². The minimum Gasteiger partial charge on any atom is -0.364 e. The predicted molar refractivity (Wildman–Crippen MR) is 69.2 cm³/mol. The summed E-state index contributed by atoms with van der Waals surface area (Å²) in [5.41, 5.74) is -2.03. The molecule has 0 spiro atoms. The molecule has 1 saturated heterocycles. The third-order valence-corrected chi connectivity index (χ3v) is 3.22. The molecule has 92 valence electrons. The molecule has 0 aromatic rings. The van der Waals surface area contributed by atoms with Gasteiger partial charge in [0.25, 0.3) is 5.66 Å². The van der Waals surface area contributed by atoms with E-state index >= 15 is 0 Å². The summed E-state index contributed by atoms with van der Waals surface area (Å²) in [6.07, 6.45) is 0. The van der Waals surface area contributed by atoms with Crippen LogP contribution in [-0.4, -0.2) is 55.4 Å². The van der Waals surface area contributed by atoms with E-state index in [0.29, 0.717) is 17.7 Å². The predicted octanol–water partition coefficient (Wildman–Crippen LogP) is 1.97. The van der Waals surface area contributed by atoms with Crippen LogP contribution in [0.2, 0.25) is 0 Å². The highest BCUT2D eigenvalue weighted by atomic mass is 79.9. The van der Waals surface area contributed by atoms with E-state index in [4.69, 9.17) is 0 Å². The Morgan fingerprint density at radius 2 is 2.25 bits per heavy atom. The topological polar surface area (TPSA) is 18.8 Å². The van der Waals surface area contributed by atoms with Crippen LogP contribution in [0.3, 0.4) is 0 Å². The van der Waals surface area contributed by atoms with Crippen LogP contribution in [0.5, 0.6) is 0 Å². The second-order valence-electron chi connectivity index (χ2n) is 3.82. The monoisotopic (exact) mass is 313 g/mol. The first-order valence-electron chi connectivity index (χ1n) is 4.79. The molecule has 16 heavy (non-hydrogen) atoms. The van der Waals surface area contributed by atoms with E-state index in [2.05, 4.69) is 32.5 Å². The SMILES string of the molecule is C=N/C(Br)=C1/CN(C)CCN1CC(F)(F)P. The zero-order valence-electron chi connectivity index (χ0n) is 9.09. The summed E-state index contributed by atoms with van der Waals surface area (Å²) in [7, 11) is 3.51. The maximum atomic E-state index is 13.0. The van der Waals surface area contributed by atoms with E-state index in [9.17, 15) is 8.78 Å². The Kier molecular flexibility index (Phi) is 4.83. The fraction of sp³-hybridized carbons (Fsp3) is 0.667. The van der Waals surface area contributed by atoms with Gasteiger partial charge in [-0.1, -0.05) is 9.24 Å². The number of aliphatic imine (C=N–C) groups is 1. The van der Waals surface area contributed by atoms with E-state index in [0.717, 1.165) is 12.2 Å². The Hall–Kier alpha value is -0.0600. The van der Waals surface area contributed by atoms with Gasteiger partial charge in [0.05, 0.1) is 12.2 Å². The van der Waals surface area contributed by atoms with Gasteiger partial charge in [0, 0.05) is 19.6 Å². The summed E-state index contributed by atoms with van der Waals surface area (Å²) >= 11 is 3.24. The Labute approximate surface area is 105 Å². The molecule has 1 unspecified atom stereocenters. The molecular formula is C9H15BrF2N3P. The number of nitrogens with zero attached hydrogens (tertiary/aromatic N) is 3. The van der Waals surface area contributed by atoms with Crippen LogP contribution >= 0.6 is 25.2 Å². The second-order valence-corrected chi connectivity index (χ2v) is 5.41. The first-order valence-corrected chi connectivity index (χ1v) is 6.16. The van der Waals surface area contributed by atoms with Crippen LogP contribution in [0.15, 0.2) is 15.3 Å². The summed E-state index contributed by atoms with van der Waals surface area (Å²) in [6.45, 7) is 5.02. The van der Waals surface area contributed by atoms with Gasteiger partial charge in [-0.15, -0.1) is 0 Å². The van der Waals surface area contributed by atoms with Gasteiger partial charge in [-0.3, -0.25) is 9.89 Å². The first-order chi connectivity index (χ1) is 7.33. The zero-order chi connectivity index (χ0) is 12.3. The number of hydrogen-bond donors (Lipinski definition) is 0. The van der Waals surface area contributed by atoms with E-state index in [1.54, 1.807) is 14.1 Å². The third kappa shape index (κ3) is 4.07. The molecule has 0 aliphatic carbocycles. The van der Waals surface area contributed by atoms with E-state index in [1.807, 2.05) is 7.05 Å². The summed E-state index contributed by atoms with van der Waals surface area (Å²) in [4.78, 5) is 7.45. The van der Waals surface area contributed by atoms with Crippen LogP contribution < -0.4 is 0 Å². The van der Waals surface area contributed by atoms with E-state index in [1.165, 1.54) is 0 Å². The summed E-state index contributed by atoms with van der Waals surface area (Å²) in [5.74, 6) is 0. The van der Waals surface area contributed by atoms with Crippen molar-refractivity contribution in [2.75, 3.05) is 33.2 Å². The van der Waals surface area contributed by atoms with Crippen molar-refractivity contribution in [3.8, 4) is 0 Å². The van der Waals surface area contributed by atoms with Crippen LogP contribution in [0.25, 0.3) is 0 Å². The number of alkyl halides is 2. The molecule has 7 heteroatoms. The largest absolute Gasteiger partial charge is 0.364 e. The van der Waals surface area contributed by atoms with Crippen LogP contribution in [0.4, 0.5) is 8.78 Å². The minimum atomic E-state index is -2.78. The third-order valence-electron chi connectivity index (χ3n) is 2.33.